The Morgan fingerprint density at radius 2 is 2.29 bits per heavy atom. The fraction of sp³-hybridized carbons (Fsp3) is 0.455. The molecule has 0 bridgehead atoms. The van der Waals surface area contributed by atoms with Gasteiger partial charge in [0.15, 0.2) is 0 Å². The Kier molecular flexibility index (Phi) is 6.43. The molecular formula is C22H28N5O4+. The molecule has 4 rings (SSSR count). The molecule has 0 spiro atoms. The lowest BCUT2D eigenvalue weighted by atomic mass is 10.1. The first-order valence-corrected chi connectivity index (χ1v) is 10.6. The number of aromatic amines is 1. The molecule has 9 nitrogen and oxygen atoms in total. The predicted molar refractivity (Wildman–Crippen MR) is 117 cm³/mol. The quantitative estimate of drug-likeness (QED) is 0.416. The van der Waals surface area contributed by atoms with Crippen LogP contribution in [0.1, 0.15) is 35.2 Å². The van der Waals surface area contributed by atoms with Crippen molar-refractivity contribution in [2.75, 3.05) is 38.7 Å². The van der Waals surface area contributed by atoms with Crippen LogP contribution in [-0.4, -0.2) is 54.8 Å². The first-order valence-electron chi connectivity index (χ1n) is 10.6. The Balaban J connectivity index is 1.73. The van der Waals surface area contributed by atoms with Crippen LogP contribution in [0, 0.1) is 6.92 Å². The van der Waals surface area contributed by atoms with Crippen LogP contribution < -0.4 is 21.2 Å². The third-order valence-corrected chi connectivity index (χ3v) is 5.39. The van der Waals surface area contributed by atoms with Gasteiger partial charge >= 0.3 is 5.56 Å². The zero-order valence-corrected chi connectivity index (χ0v) is 17.9. The molecule has 1 aliphatic heterocycles. The van der Waals surface area contributed by atoms with Gasteiger partial charge in [-0.2, -0.15) is 4.40 Å². The van der Waals surface area contributed by atoms with Gasteiger partial charge in [-0.05, 0) is 43.9 Å². The van der Waals surface area contributed by atoms with Crippen LogP contribution in [0.3, 0.4) is 0 Å². The highest BCUT2D eigenvalue weighted by molar-refractivity contribution is 6.01. The molecule has 31 heavy (non-hydrogen) atoms. The normalized spacial score (nSPS) is 16.1. The van der Waals surface area contributed by atoms with E-state index in [-0.39, 0.29) is 17.6 Å². The minimum absolute atomic E-state index is 0.0873. The molecule has 0 saturated carbocycles. The van der Waals surface area contributed by atoms with Gasteiger partial charge in [0, 0.05) is 39.5 Å². The summed E-state index contributed by atoms with van der Waals surface area (Å²) >= 11 is 0. The molecule has 164 valence electrons. The monoisotopic (exact) mass is 426 g/mol. The minimum Gasteiger partial charge on any atom is -0.385 e. The first-order chi connectivity index (χ1) is 15.1. The Morgan fingerprint density at radius 3 is 3.06 bits per heavy atom. The van der Waals surface area contributed by atoms with E-state index < -0.39 is 0 Å². The highest BCUT2D eigenvalue weighted by Gasteiger charge is 2.23. The van der Waals surface area contributed by atoms with Crippen molar-refractivity contribution >= 4 is 28.4 Å². The number of carbonyl (C=O) groups is 1. The summed E-state index contributed by atoms with van der Waals surface area (Å²) in [5.74, 6) is 0.147. The molecule has 1 fully saturated rings. The summed E-state index contributed by atoms with van der Waals surface area (Å²) in [6, 6.07) is 5.38. The molecule has 0 unspecified atom stereocenters. The molecule has 0 radical (unpaired) electrons. The van der Waals surface area contributed by atoms with Crippen LogP contribution in [0.25, 0.3) is 16.7 Å². The summed E-state index contributed by atoms with van der Waals surface area (Å²) in [4.78, 5) is 33.8. The van der Waals surface area contributed by atoms with Gasteiger partial charge in [-0.3, -0.25) is 4.79 Å². The molecule has 3 aromatic rings. The largest absolute Gasteiger partial charge is 0.385 e. The maximum Gasteiger partial charge on any atom is 0.325 e. The maximum absolute atomic E-state index is 13.1. The van der Waals surface area contributed by atoms with Crippen LogP contribution in [0.4, 0.5) is 5.82 Å². The van der Waals surface area contributed by atoms with E-state index in [2.05, 4.69) is 20.6 Å². The van der Waals surface area contributed by atoms with Gasteiger partial charge < -0.3 is 20.1 Å². The third-order valence-electron chi connectivity index (χ3n) is 5.39. The summed E-state index contributed by atoms with van der Waals surface area (Å²) in [6.07, 6.45) is 4.55. The van der Waals surface area contributed by atoms with E-state index in [9.17, 15) is 9.59 Å². The second-order valence-electron chi connectivity index (χ2n) is 7.79. The van der Waals surface area contributed by atoms with Crippen molar-refractivity contribution in [2.24, 2.45) is 0 Å². The average molecular weight is 426 g/mol. The van der Waals surface area contributed by atoms with Crippen molar-refractivity contribution in [3.8, 4) is 0 Å². The van der Waals surface area contributed by atoms with Gasteiger partial charge in [0.1, 0.15) is 10.9 Å². The summed E-state index contributed by atoms with van der Waals surface area (Å²) in [5, 5.41) is 6.49. The second-order valence-corrected chi connectivity index (χ2v) is 7.79. The van der Waals surface area contributed by atoms with Gasteiger partial charge in [-0.1, -0.05) is 4.98 Å². The molecule has 3 N–H and O–H groups in total. The standard InChI is InChI=1S/C22H27N5O4/c1-14-6-7-18-25-20-17(22(29)27(18)13-14)11-16(21(28)23-8-4-9-30-2)19(26-20)24-12-15-5-3-10-31-15/h6-7,11,13,15H,3-5,8-10,12H2,1-2H3,(H,23,28)(H,24,26)/p+1/t15-/m0/s1. The smallest absolute Gasteiger partial charge is 0.325 e. The van der Waals surface area contributed by atoms with E-state index >= 15 is 0 Å². The molecule has 3 aromatic heterocycles. The molecule has 0 aromatic carbocycles. The van der Waals surface area contributed by atoms with Crippen LogP contribution in [0.5, 0.6) is 0 Å². The Hall–Kier alpha value is -3.04. The molecule has 1 atom stereocenters. The summed E-state index contributed by atoms with van der Waals surface area (Å²) < 4.78 is 12.3. The number of nitrogens with one attached hydrogen (secondary N) is 3. The third kappa shape index (κ3) is 4.67. The predicted octanol–water partition coefficient (Wildman–Crippen LogP) is 1.33. The molecule has 1 amide bonds. The fourth-order valence-electron chi connectivity index (χ4n) is 3.74. The van der Waals surface area contributed by atoms with Crippen LogP contribution in [-0.2, 0) is 9.47 Å². The zero-order chi connectivity index (χ0) is 21.8. The number of hydrogen-bond donors (Lipinski definition) is 2. The average Bonchev–Trinajstić information content (AvgIpc) is 3.29. The highest BCUT2D eigenvalue weighted by Crippen LogP contribution is 2.19. The Morgan fingerprint density at radius 1 is 1.42 bits per heavy atom. The molecular weight excluding hydrogens is 398 g/mol. The SMILES string of the molecule is COCCCNC(=O)c1cc2c(=O)n3cc(C)ccc3[nH+]c2nc1NC[C@@H]1CCCO1. The molecule has 1 saturated heterocycles. The van der Waals surface area contributed by atoms with Gasteiger partial charge in [0.05, 0.1) is 12.3 Å². The van der Waals surface area contributed by atoms with E-state index in [1.54, 1.807) is 23.8 Å². The van der Waals surface area contributed by atoms with Crippen molar-refractivity contribution in [3.05, 3.63) is 45.9 Å². The van der Waals surface area contributed by atoms with Crippen molar-refractivity contribution in [2.45, 2.75) is 32.3 Å². The second kappa shape index (κ2) is 9.40. The molecule has 1 aliphatic rings. The number of hydrogen-bond acceptors (Lipinski definition) is 6. The number of carbonyl (C=O) groups excluding carboxylic acids is 1. The van der Waals surface area contributed by atoms with E-state index in [4.69, 9.17) is 9.47 Å². The van der Waals surface area contributed by atoms with Gasteiger partial charge in [0.25, 0.3) is 11.6 Å². The lowest BCUT2D eigenvalue weighted by Gasteiger charge is -2.13. The van der Waals surface area contributed by atoms with Crippen LogP contribution in [0.2, 0.25) is 0 Å². The molecule has 9 heteroatoms. The van der Waals surface area contributed by atoms with Gasteiger partial charge in [0.2, 0.25) is 11.5 Å². The number of aromatic nitrogens is 3. The van der Waals surface area contributed by atoms with E-state index in [0.29, 0.717) is 54.2 Å². The Labute approximate surface area is 179 Å². The number of anilines is 1. The number of fused-ring (bicyclic) bond motifs is 2. The lowest BCUT2D eigenvalue weighted by molar-refractivity contribution is -0.319. The zero-order valence-electron chi connectivity index (χ0n) is 17.9. The van der Waals surface area contributed by atoms with Crippen molar-refractivity contribution in [3.63, 3.8) is 0 Å². The summed E-state index contributed by atoms with van der Waals surface area (Å²) in [6.45, 7) is 4.25. The number of aryl methyl sites for hydroxylation is 1. The van der Waals surface area contributed by atoms with Gasteiger partial charge in [-0.15, -0.1) is 0 Å². The van der Waals surface area contributed by atoms with E-state index in [0.717, 1.165) is 25.0 Å². The minimum atomic E-state index is -0.283. The number of nitrogens with zero attached hydrogens (tertiary/aromatic N) is 2. The van der Waals surface area contributed by atoms with E-state index in [1.807, 2.05) is 19.1 Å². The van der Waals surface area contributed by atoms with Gasteiger partial charge in [-0.25, -0.2) is 9.78 Å². The number of pyridine rings is 2. The molecule has 4 heterocycles. The maximum atomic E-state index is 13.1. The lowest BCUT2D eigenvalue weighted by Crippen LogP contribution is -2.30. The van der Waals surface area contributed by atoms with Crippen LogP contribution in [0.15, 0.2) is 29.2 Å². The molecule has 0 aliphatic carbocycles. The number of ether oxygens (including phenoxy) is 2. The van der Waals surface area contributed by atoms with Crippen molar-refractivity contribution in [1.29, 1.82) is 0 Å². The first kappa shape index (κ1) is 21.2. The van der Waals surface area contributed by atoms with Crippen LogP contribution >= 0.6 is 0 Å². The topological polar surface area (TPSA) is 108 Å². The highest BCUT2D eigenvalue weighted by atomic mass is 16.5. The van der Waals surface area contributed by atoms with Crippen molar-refractivity contribution < 1.29 is 19.3 Å². The fourth-order valence-corrected chi connectivity index (χ4v) is 3.74. The summed E-state index contributed by atoms with van der Waals surface area (Å²) in [5.41, 5.74) is 2.14. The number of rotatable bonds is 8. The number of H-pyrrole nitrogens is 1. The summed E-state index contributed by atoms with van der Waals surface area (Å²) in [7, 11) is 1.62. The van der Waals surface area contributed by atoms with E-state index in [1.165, 1.54) is 0 Å². The van der Waals surface area contributed by atoms with Crippen molar-refractivity contribution in [1.82, 2.24) is 14.7 Å². The Bertz CT molecular complexity index is 1150. The number of amides is 1. The number of methoxy groups -OCH3 is 1.